The summed E-state index contributed by atoms with van der Waals surface area (Å²) in [5.41, 5.74) is 2.99. The summed E-state index contributed by atoms with van der Waals surface area (Å²) in [5.74, 6) is 3.36. The van der Waals surface area contributed by atoms with Crippen molar-refractivity contribution in [2.75, 3.05) is 0 Å². The highest BCUT2D eigenvalue weighted by Crippen LogP contribution is 2.21. The molecule has 2 atom stereocenters. The molecule has 0 aliphatic heterocycles. The Balaban J connectivity index is 2.01. The van der Waals surface area contributed by atoms with Gasteiger partial charge >= 0.3 is 0 Å². The maximum Gasteiger partial charge on any atom is 0.0712 e. The molecule has 0 aromatic heterocycles. The van der Waals surface area contributed by atoms with Gasteiger partial charge in [0.05, 0.1) is 6.04 Å². The maximum atomic E-state index is 5.57. The average Bonchev–Trinajstić information content (AvgIpc) is 2.35. The number of nitrogens with one attached hydrogen (secondary N) is 1. The van der Waals surface area contributed by atoms with Crippen LogP contribution in [0.3, 0.4) is 0 Å². The van der Waals surface area contributed by atoms with Gasteiger partial charge in [-0.05, 0) is 36.3 Å². The first-order valence-electron chi connectivity index (χ1n) is 6.49. The monoisotopic (exact) mass is 227 g/mol. The van der Waals surface area contributed by atoms with E-state index in [1.165, 1.54) is 24.0 Å². The van der Waals surface area contributed by atoms with E-state index in [1.807, 2.05) is 0 Å². The molecule has 2 unspecified atom stereocenters. The highest BCUT2D eigenvalue weighted by atomic mass is 14.9. The molecule has 0 fully saturated rings. The molecule has 1 aliphatic rings. The van der Waals surface area contributed by atoms with Crippen LogP contribution < -0.4 is 5.32 Å². The summed E-state index contributed by atoms with van der Waals surface area (Å²) in [5, 5.41) is 3.61. The van der Waals surface area contributed by atoms with Crippen molar-refractivity contribution >= 4 is 0 Å². The third-order valence-corrected chi connectivity index (χ3v) is 3.61. The molecule has 1 aromatic rings. The van der Waals surface area contributed by atoms with Gasteiger partial charge in [0.15, 0.2) is 0 Å². The molecule has 0 amide bonds. The number of terminal acetylenes is 1. The van der Waals surface area contributed by atoms with Gasteiger partial charge in [-0.1, -0.05) is 44.0 Å². The number of rotatable bonds is 3. The summed E-state index contributed by atoms with van der Waals surface area (Å²) >= 11 is 0. The summed E-state index contributed by atoms with van der Waals surface area (Å²) in [6, 6.07) is 9.47. The van der Waals surface area contributed by atoms with E-state index in [-0.39, 0.29) is 6.04 Å². The molecular weight excluding hydrogens is 206 g/mol. The highest BCUT2D eigenvalue weighted by Gasteiger charge is 2.21. The fraction of sp³-hybridized carbons (Fsp3) is 0.500. The average molecular weight is 227 g/mol. The lowest BCUT2D eigenvalue weighted by molar-refractivity contribution is 0.381. The number of hydrogen-bond acceptors (Lipinski definition) is 1. The van der Waals surface area contributed by atoms with Crippen LogP contribution in [0.4, 0.5) is 0 Å². The maximum absolute atomic E-state index is 5.57. The summed E-state index contributed by atoms with van der Waals surface area (Å²) in [6.07, 6.45) is 9.05. The van der Waals surface area contributed by atoms with Gasteiger partial charge in [-0.2, -0.15) is 0 Å². The molecule has 0 heterocycles. The lowest BCUT2D eigenvalue weighted by Gasteiger charge is -2.29. The third kappa shape index (κ3) is 2.90. The Morgan fingerprint density at radius 1 is 1.29 bits per heavy atom. The van der Waals surface area contributed by atoms with Gasteiger partial charge < -0.3 is 5.32 Å². The molecule has 0 bridgehead atoms. The van der Waals surface area contributed by atoms with Crippen LogP contribution in [-0.4, -0.2) is 12.1 Å². The van der Waals surface area contributed by atoms with Crippen molar-refractivity contribution in [3.8, 4) is 12.3 Å². The predicted octanol–water partition coefficient (Wildman–Crippen LogP) is 2.79. The molecule has 0 saturated carbocycles. The Kier molecular flexibility index (Phi) is 3.86. The largest absolute Gasteiger partial charge is 0.300 e. The Hall–Kier alpha value is -1.26. The first-order chi connectivity index (χ1) is 8.20. The van der Waals surface area contributed by atoms with Gasteiger partial charge in [0, 0.05) is 6.04 Å². The van der Waals surface area contributed by atoms with Gasteiger partial charge in [-0.3, -0.25) is 0 Å². The summed E-state index contributed by atoms with van der Waals surface area (Å²) in [4.78, 5) is 0. The predicted molar refractivity (Wildman–Crippen MR) is 72.8 cm³/mol. The summed E-state index contributed by atoms with van der Waals surface area (Å²) < 4.78 is 0. The van der Waals surface area contributed by atoms with E-state index in [1.54, 1.807) is 0 Å². The zero-order valence-electron chi connectivity index (χ0n) is 10.7. The van der Waals surface area contributed by atoms with Crippen molar-refractivity contribution in [3.05, 3.63) is 35.4 Å². The van der Waals surface area contributed by atoms with Crippen molar-refractivity contribution in [2.45, 2.75) is 45.2 Å². The molecule has 90 valence electrons. The fourth-order valence-corrected chi connectivity index (χ4v) is 2.53. The number of hydrogen-bond donors (Lipinski definition) is 1. The second kappa shape index (κ2) is 5.38. The normalized spacial score (nSPS) is 20.7. The van der Waals surface area contributed by atoms with Gasteiger partial charge in [0.25, 0.3) is 0 Å². The molecule has 17 heavy (non-hydrogen) atoms. The molecule has 1 aliphatic carbocycles. The molecule has 2 rings (SSSR count). The van der Waals surface area contributed by atoms with E-state index in [9.17, 15) is 0 Å². The van der Waals surface area contributed by atoms with E-state index in [4.69, 9.17) is 6.42 Å². The first kappa shape index (κ1) is 12.2. The number of fused-ring (bicyclic) bond motifs is 1. The Morgan fingerprint density at radius 2 is 2.00 bits per heavy atom. The second-order valence-corrected chi connectivity index (χ2v) is 5.26. The molecule has 0 spiro atoms. The molecule has 0 radical (unpaired) electrons. The van der Waals surface area contributed by atoms with Crippen LogP contribution in [-0.2, 0) is 12.8 Å². The second-order valence-electron chi connectivity index (χ2n) is 5.26. The van der Waals surface area contributed by atoms with Crippen molar-refractivity contribution in [3.63, 3.8) is 0 Å². The van der Waals surface area contributed by atoms with Crippen LogP contribution in [0.2, 0.25) is 0 Å². The zero-order valence-corrected chi connectivity index (χ0v) is 10.7. The topological polar surface area (TPSA) is 12.0 Å². The Bertz CT molecular complexity index is 414. The summed E-state index contributed by atoms with van der Waals surface area (Å²) in [6.45, 7) is 4.35. The van der Waals surface area contributed by atoms with Gasteiger partial charge in [-0.15, -0.1) is 6.42 Å². The molecule has 1 nitrogen and oxygen atoms in total. The van der Waals surface area contributed by atoms with Crippen LogP contribution in [0, 0.1) is 18.3 Å². The van der Waals surface area contributed by atoms with E-state index < -0.39 is 0 Å². The molecule has 1 aromatic carbocycles. The van der Waals surface area contributed by atoms with Crippen molar-refractivity contribution < 1.29 is 0 Å². The van der Waals surface area contributed by atoms with Crippen LogP contribution in [0.5, 0.6) is 0 Å². The number of aryl methyl sites for hydroxylation is 1. The van der Waals surface area contributed by atoms with Gasteiger partial charge in [-0.25, -0.2) is 0 Å². The van der Waals surface area contributed by atoms with E-state index in [2.05, 4.69) is 49.4 Å². The lowest BCUT2D eigenvalue weighted by Crippen LogP contribution is -2.43. The van der Waals surface area contributed by atoms with Crippen molar-refractivity contribution in [1.29, 1.82) is 0 Å². The van der Waals surface area contributed by atoms with Crippen LogP contribution in [0.1, 0.15) is 31.4 Å². The molecular formula is C16H21N. The third-order valence-electron chi connectivity index (χ3n) is 3.61. The molecule has 1 heteroatoms. The smallest absolute Gasteiger partial charge is 0.0712 e. The SMILES string of the molecule is C#CC(NC1CCc2ccccc2C1)C(C)C. The Morgan fingerprint density at radius 3 is 2.65 bits per heavy atom. The van der Waals surface area contributed by atoms with Crippen LogP contribution in [0.25, 0.3) is 0 Å². The van der Waals surface area contributed by atoms with E-state index >= 15 is 0 Å². The Labute approximate surface area is 105 Å². The van der Waals surface area contributed by atoms with Crippen molar-refractivity contribution in [2.24, 2.45) is 5.92 Å². The minimum absolute atomic E-state index is 0.199. The van der Waals surface area contributed by atoms with E-state index in [0.29, 0.717) is 12.0 Å². The minimum atomic E-state index is 0.199. The molecule has 0 saturated heterocycles. The zero-order chi connectivity index (χ0) is 12.3. The van der Waals surface area contributed by atoms with Gasteiger partial charge in [0.1, 0.15) is 0 Å². The van der Waals surface area contributed by atoms with Crippen LogP contribution >= 0.6 is 0 Å². The minimum Gasteiger partial charge on any atom is -0.300 e. The molecule has 1 N–H and O–H groups in total. The standard InChI is InChI=1S/C16H21N/c1-4-16(12(2)3)17-15-10-9-13-7-5-6-8-14(13)11-15/h1,5-8,12,15-17H,9-11H2,2-3H3. The van der Waals surface area contributed by atoms with Gasteiger partial charge in [0.2, 0.25) is 0 Å². The highest BCUT2D eigenvalue weighted by molar-refractivity contribution is 5.30. The lowest BCUT2D eigenvalue weighted by atomic mass is 9.87. The first-order valence-corrected chi connectivity index (χ1v) is 6.49. The van der Waals surface area contributed by atoms with Crippen molar-refractivity contribution in [1.82, 2.24) is 5.32 Å². The van der Waals surface area contributed by atoms with E-state index in [0.717, 1.165) is 6.42 Å². The fourth-order valence-electron chi connectivity index (χ4n) is 2.53. The quantitative estimate of drug-likeness (QED) is 0.783. The number of benzene rings is 1. The van der Waals surface area contributed by atoms with Crippen LogP contribution in [0.15, 0.2) is 24.3 Å². The summed E-state index contributed by atoms with van der Waals surface area (Å²) in [7, 11) is 0.